The molecule has 0 aliphatic carbocycles. The molecule has 4 atom stereocenters. The van der Waals surface area contributed by atoms with E-state index in [1.165, 1.54) is 12.5 Å². The molecule has 1 aromatic heterocycles. The summed E-state index contributed by atoms with van der Waals surface area (Å²) in [4.78, 5) is 79.6. The number of likely N-dealkylation sites (tertiary alicyclic amines) is 1. The number of carbonyl (C=O) groups is 6. The average Bonchev–Trinajstić information content (AvgIpc) is 3.47. The van der Waals surface area contributed by atoms with Gasteiger partial charge in [-0.2, -0.15) is 0 Å². The molecule has 35 heavy (non-hydrogen) atoms. The van der Waals surface area contributed by atoms with E-state index in [-0.39, 0.29) is 32.2 Å². The molecule has 3 amide bonds. The van der Waals surface area contributed by atoms with Crippen LogP contribution in [-0.2, 0) is 35.2 Å². The number of H-pyrrole nitrogens is 1. The molecule has 192 valence electrons. The first kappa shape index (κ1) is 27.2. The van der Waals surface area contributed by atoms with Crippen LogP contribution in [0.25, 0.3) is 0 Å². The molecule has 4 unspecified atom stereocenters. The summed E-state index contributed by atoms with van der Waals surface area (Å²) in [6.45, 7) is 0.0918. The number of aromatic nitrogens is 2. The van der Waals surface area contributed by atoms with Crippen LogP contribution in [-0.4, -0.2) is 96.5 Å². The molecule has 1 aromatic rings. The van der Waals surface area contributed by atoms with Crippen LogP contribution in [0.2, 0.25) is 0 Å². The fraction of sp³-hybridized carbons (Fsp3) is 0.550. The number of aliphatic carboxylic acids is 3. The number of hydrogen-bond acceptors (Lipinski definition) is 8. The SMILES string of the molecule is NC(CCC(=O)O)C(=O)NC(Cc1cnc[nH]1)C(=O)NC(CC(=O)O)C(=O)N1CCCC1C(=O)O. The van der Waals surface area contributed by atoms with Crippen molar-refractivity contribution in [1.82, 2.24) is 25.5 Å². The zero-order chi connectivity index (χ0) is 26.1. The van der Waals surface area contributed by atoms with Crippen molar-refractivity contribution in [3.05, 3.63) is 18.2 Å². The Morgan fingerprint density at radius 2 is 1.77 bits per heavy atom. The highest BCUT2D eigenvalue weighted by molar-refractivity contribution is 5.96. The predicted octanol–water partition coefficient (Wildman–Crippen LogP) is -2.34. The Hall–Kier alpha value is -4.01. The van der Waals surface area contributed by atoms with Crippen LogP contribution >= 0.6 is 0 Å². The van der Waals surface area contributed by atoms with Gasteiger partial charge in [0.25, 0.3) is 0 Å². The number of aromatic amines is 1. The first-order valence-corrected chi connectivity index (χ1v) is 10.8. The monoisotopic (exact) mass is 496 g/mol. The van der Waals surface area contributed by atoms with Gasteiger partial charge in [0.1, 0.15) is 18.1 Å². The summed E-state index contributed by atoms with van der Waals surface area (Å²) in [5, 5.41) is 32.0. The van der Waals surface area contributed by atoms with E-state index >= 15 is 0 Å². The van der Waals surface area contributed by atoms with Gasteiger partial charge in [-0.25, -0.2) is 9.78 Å². The van der Waals surface area contributed by atoms with Crippen molar-refractivity contribution in [2.24, 2.45) is 5.73 Å². The Balaban J connectivity index is 2.19. The van der Waals surface area contributed by atoms with Gasteiger partial charge in [-0.3, -0.25) is 24.0 Å². The number of carboxylic acids is 3. The predicted molar refractivity (Wildman–Crippen MR) is 116 cm³/mol. The third-order valence-corrected chi connectivity index (χ3v) is 5.43. The molecule has 0 aromatic carbocycles. The maximum absolute atomic E-state index is 13.0. The number of carbonyl (C=O) groups excluding carboxylic acids is 3. The van der Waals surface area contributed by atoms with Crippen molar-refractivity contribution in [3.63, 3.8) is 0 Å². The third-order valence-electron chi connectivity index (χ3n) is 5.43. The number of nitrogens with zero attached hydrogens (tertiary/aromatic N) is 2. The van der Waals surface area contributed by atoms with E-state index in [9.17, 15) is 39.0 Å². The van der Waals surface area contributed by atoms with Crippen LogP contribution in [0.4, 0.5) is 0 Å². The summed E-state index contributed by atoms with van der Waals surface area (Å²) >= 11 is 0. The van der Waals surface area contributed by atoms with E-state index in [2.05, 4.69) is 20.6 Å². The molecule has 1 aliphatic heterocycles. The number of hydrogen-bond donors (Lipinski definition) is 7. The average molecular weight is 496 g/mol. The number of rotatable bonds is 13. The molecule has 8 N–H and O–H groups in total. The molecule has 1 saturated heterocycles. The number of carboxylic acid groups (broad SMARTS) is 3. The lowest BCUT2D eigenvalue weighted by atomic mass is 10.1. The minimum atomic E-state index is -1.58. The molecule has 15 heteroatoms. The molecule has 15 nitrogen and oxygen atoms in total. The summed E-state index contributed by atoms with van der Waals surface area (Å²) in [5.74, 6) is -6.40. The van der Waals surface area contributed by atoms with Gasteiger partial charge in [0.05, 0.1) is 18.8 Å². The van der Waals surface area contributed by atoms with Crippen LogP contribution in [0, 0.1) is 0 Å². The van der Waals surface area contributed by atoms with Crippen molar-refractivity contribution in [3.8, 4) is 0 Å². The standard InChI is InChI=1S/C20H28N6O9/c21-11(3-4-15(27)28)17(31)24-12(6-10-8-22-9-23-10)18(32)25-13(7-16(29)30)19(33)26-5-1-2-14(26)20(34)35/h8-9,11-14H,1-7,21H2,(H,22,23)(H,24,31)(H,25,32)(H,27,28)(H,29,30)(H,34,35). The van der Waals surface area contributed by atoms with Crippen LogP contribution in [0.1, 0.15) is 37.8 Å². The lowest BCUT2D eigenvalue weighted by molar-refractivity contribution is -0.150. The largest absolute Gasteiger partial charge is 0.481 e. The summed E-state index contributed by atoms with van der Waals surface area (Å²) in [6.07, 6.45) is 1.83. The topological polar surface area (TPSA) is 245 Å². The van der Waals surface area contributed by atoms with Gasteiger partial charge in [0.15, 0.2) is 0 Å². The molecular weight excluding hydrogens is 468 g/mol. The molecular formula is C20H28N6O9. The maximum atomic E-state index is 13.0. The van der Waals surface area contributed by atoms with Crippen molar-refractivity contribution in [2.75, 3.05) is 6.54 Å². The Kier molecular flexibility index (Phi) is 9.69. The van der Waals surface area contributed by atoms with Gasteiger partial charge in [-0.05, 0) is 19.3 Å². The smallest absolute Gasteiger partial charge is 0.326 e. The zero-order valence-corrected chi connectivity index (χ0v) is 18.7. The van der Waals surface area contributed by atoms with E-state index in [0.29, 0.717) is 12.1 Å². The van der Waals surface area contributed by atoms with E-state index < -0.39 is 66.2 Å². The minimum absolute atomic E-state index is 0.0918. The first-order chi connectivity index (χ1) is 16.5. The first-order valence-electron chi connectivity index (χ1n) is 10.8. The highest BCUT2D eigenvalue weighted by atomic mass is 16.4. The highest BCUT2D eigenvalue weighted by Crippen LogP contribution is 2.19. The van der Waals surface area contributed by atoms with Crippen molar-refractivity contribution >= 4 is 35.6 Å². The number of nitrogens with two attached hydrogens (primary N) is 1. The Bertz CT molecular complexity index is 951. The minimum Gasteiger partial charge on any atom is -0.481 e. The Morgan fingerprint density at radius 1 is 1.09 bits per heavy atom. The zero-order valence-electron chi connectivity index (χ0n) is 18.7. The second kappa shape index (κ2) is 12.5. The lowest BCUT2D eigenvalue weighted by Crippen LogP contribution is -2.58. The molecule has 1 fully saturated rings. The molecule has 0 spiro atoms. The van der Waals surface area contributed by atoms with E-state index in [1.54, 1.807) is 0 Å². The van der Waals surface area contributed by atoms with E-state index in [0.717, 1.165) is 4.90 Å². The van der Waals surface area contributed by atoms with Gasteiger partial charge in [-0.15, -0.1) is 0 Å². The number of imidazole rings is 1. The van der Waals surface area contributed by atoms with Gasteiger partial charge in [-0.1, -0.05) is 0 Å². The molecule has 0 radical (unpaired) electrons. The van der Waals surface area contributed by atoms with Crippen LogP contribution in [0.5, 0.6) is 0 Å². The number of amides is 3. The fourth-order valence-electron chi connectivity index (χ4n) is 3.65. The molecule has 0 saturated carbocycles. The quantitative estimate of drug-likeness (QED) is 0.152. The maximum Gasteiger partial charge on any atom is 0.326 e. The van der Waals surface area contributed by atoms with Gasteiger partial charge >= 0.3 is 17.9 Å². The lowest BCUT2D eigenvalue weighted by Gasteiger charge is -2.28. The fourth-order valence-corrected chi connectivity index (χ4v) is 3.65. The van der Waals surface area contributed by atoms with Crippen molar-refractivity contribution in [1.29, 1.82) is 0 Å². The number of nitrogens with one attached hydrogen (secondary N) is 3. The van der Waals surface area contributed by atoms with Crippen LogP contribution in [0.15, 0.2) is 12.5 Å². The van der Waals surface area contributed by atoms with Crippen LogP contribution in [0.3, 0.4) is 0 Å². The summed E-state index contributed by atoms with van der Waals surface area (Å²) < 4.78 is 0. The van der Waals surface area contributed by atoms with Gasteiger partial charge in [0, 0.05) is 31.3 Å². The summed E-state index contributed by atoms with van der Waals surface area (Å²) in [5.41, 5.74) is 6.13. The van der Waals surface area contributed by atoms with Gasteiger partial charge < -0.3 is 41.6 Å². The molecule has 2 heterocycles. The highest BCUT2D eigenvalue weighted by Gasteiger charge is 2.39. The van der Waals surface area contributed by atoms with Crippen molar-refractivity contribution in [2.45, 2.75) is 62.7 Å². The van der Waals surface area contributed by atoms with Gasteiger partial charge in [0.2, 0.25) is 17.7 Å². The Labute approximate surface area is 199 Å². The molecule has 0 bridgehead atoms. The molecule has 1 aliphatic rings. The molecule has 2 rings (SSSR count). The second-order valence-electron chi connectivity index (χ2n) is 8.07. The summed E-state index contributed by atoms with van der Waals surface area (Å²) in [7, 11) is 0. The van der Waals surface area contributed by atoms with Crippen LogP contribution < -0.4 is 16.4 Å². The van der Waals surface area contributed by atoms with E-state index in [4.69, 9.17) is 10.8 Å². The Morgan fingerprint density at radius 3 is 2.34 bits per heavy atom. The normalized spacial score (nSPS) is 17.7. The van der Waals surface area contributed by atoms with Crippen molar-refractivity contribution < 1.29 is 44.1 Å². The third kappa shape index (κ3) is 8.06. The van der Waals surface area contributed by atoms with E-state index in [1.807, 2.05) is 0 Å². The second-order valence-corrected chi connectivity index (χ2v) is 8.07. The summed E-state index contributed by atoms with van der Waals surface area (Å²) in [6, 6.07) is -5.28.